The molecule has 2 aromatic rings. The Hall–Kier alpha value is -2.33. The highest BCUT2D eigenvalue weighted by atomic mass is 16.1. The van der Waals surface area contributed by atoms with Crippen LogP contribution in [0.3, 0.4) is 0 Å². The van der Waals surface area contributed by atoms with Crippen LogP contribution < -0.4 is 16.8 Å². The highest BCUT2D eigenvalue weighted by Crippen LogP contribution is 2.20. The standard InChI is InChI=1S/C15H17N3O/c1-10-2-7-14(13(17)8-10)18-15(19)12-5-3-11(9-16)4-6-12/h2-8H,9,16-17H2,1H3,(H,18,19). The molecule has 0 spiro atoms. The molecule has 0 bridgehead atoms. The van der Waals surface area contributed by atoms with Crippen LogP contribution in [0.5, 0.6) is 0 Å². The topological polar surface area (TPSA) is 81.1 Å². The van der Waals surface area contributed by atoms with Crippen LogP contribution >= 0.6 is 0 Å². The van der Waals surface area contributed by atoms with Gasteiger partial charge in [0, 0.05) is 12.1 Å². The van der Waals surface area contributed by atoms with E-state index < -0.39 is 0 Å². The van der Waals surface area contributed by atoms with Crippen molar-refractivity contribution >= 4 is 17.3 Å². The van der Waals surface area contributed by atoms with Gasteiger partial charge in [0.2, 0.25) is 0 Å². The number of carbonyl (C=O) groups excluding carboxylic acids is 1. The lowest BCUT2D eigenvalue weighted by molar-refractivity contribution is 0.102. The lowest BCUT2D eigenvalue weighted by atomic mass is 10.1. The number of benzene rings is 2. The molecule has 98 valence electrons. The van der Waals surface area contributed by atoms with Gasteiger partial charge >= 0.3 is 0 Å². The fourth-order valence-corrected chi connectivity index (χ4v) is 1.78. The van der Waals surface area contributed by atoms with Crippen LogP contribution in [0.15, 0.2) is 42.5 Å². The van der Waals surface area contributed by atoms with E-state index in [4.69, 9.17) is 11.5 Å². The average molecular weight is 255 g/mol. The van der Waals surface area contributed by atoms with Gasteiger partial charge in [-0.05, 0) is 42.3 Å². The van der Waals surface area contributed by atoms with Crippen molar-refractivity contribution in [3.8, 4) is 0 Å². The second-order valence-electron chi connectivity index (χ2n) is 4.45. The summed E-state index contributed by atoms with van der Waals surface area (Å²) >= 11 is 0. The molecular formula is C15H17N3O. The SMILES string of the molecule is Cc1ccc(NC(=O)c2ccc(CN)cc2)c(N)c1. The van der Waals surface area contributed by atoms with Crippen molar-refractivity contribution in [3.63, 3.8) is 0 Å². The van der Waals surface area contributed by atoms with Crippen molar-refractivity contribution in [1.82, 2.24) is 0 Å². The van der Waals surface area contributed by atoms with Gasteiger partial charge in [-0.3, -0.25) is 4.79 Å². The van der Waals surface area contributed by atoms with E-state index >= 15 is 0 Å². The maximum Gasteiger partial charge on any atom is 0.255 e. The molecule has 0 aliphatic carbocycles. The molecule has 0 heterocycles. The number of hydrogen-bond donors (Lipinski definition) is 3. The Morgan fingerprint density at radius 1 is 1.16 bits per heavy atom. The van der Waals surface area contributed by atoms with Crippen LogP contribution in [0.1, 0.15) is 21.5 Å². The van der Waals surface area contributed by atoms with Gasteiger partial charge in [0.1, 0.15) is 0 Å². The van der Waals surface area contributed by atoms with Crippen molar-refractivity contribution in [2.45, 2.75) is 13.5 Å². The smallest absolute Gasteiger partial charge is 0.255 e. The van der Waals surface area contributed by atoms with Crippen LogP contribution in [-0.2, 0) is 6.54 Å². The zero-order chi connectivity index (χ0) is 13.8. The maximum atomic E-state index is 12.1. The number of rotatable bonds is 3. The molecule has 5 N–H and O–H groups in total. The summed E-state index contributed by atoms with van der Waals surface area (Å²) in [5, 5.41) is 2.80. The summed E-state index contributed by atoms with van der Waals surface area (Å²) in [6.45, 7) is 2.42. The van der Waals surface area contributed by atoms with Gasteiger partial charge in [-0.15, -0.1) is 0 Å². The number of amides is 1. The number of hydrogen-bond acceptors (Lipinski definition) is 3. The first-order valence-corrected chi connectivity index (χ1v) is 6.06. The summed E-state index contributed by atoms with van der Waals surface area (Å²) in [7, 11) is 0. The van der Waals surface area contributed by atoms with E-state index in [-0.39, 0.29) is 5.91 Å². The molecule has 4 heteroatoms. The summed E-state index contributed by atoms with van der Waals surface area (Å²) in [5.41, 5.74) is 15.2. The predicted octanol–water partition coefficient (Wildman–Crippen LogP) is 2.29. The van der Waals surface area contributed by atoms with Crippen LogP contribution in [-0.4, -0.2) is 5.91 Å². The third kappa shape index (κ3) is 3.11. The van der Waals surface area contributed by atoms with E-state index in [9.17, 15) is 4.79 Å². The lowest BCUT2D eigenvalue weighted by Gasteiger charge is -2.09. The molecule has 0 aliphatic heterocycles. The number of nitrogens with one attached hydrogen (secondary N) is 1. The van der Waals surface area contributed by atoms with E-state index in [0.717, 1.165) is 11.1 Å². The largest absolute Gasteiger partial charge is 0.397 e. The van der Waals surface area contributed by atoms with E-state index in [0.29, 0.717) is 23.5 Å². The lowest BCUT2D eigenvalue weighted by Crippen LogP contribution is -2.13. The maximum absolute atomic E-state index is 12.1. The monoisotopic (exact) mass is 255 g/mol. The molecule has 0 saturated carbocycles. The van der Waals surface area contributed by atoms with Gasteiger partial charge < -0.3 is 16.8 Å². The van der Waals surface area contributed by atoms with Crippen molar-refractivity contribution in [3.05, 3.63) is 59.2 Å². The minimum Gasteiger partial charge on any atom is -0.397 e. The van der Waals surface area contributed by atoms with Crippen LogP contribution in [0.4, 0.5) is 11.4 Å². The van der Waals surface area contributed by atoms with Gasteiger partial charge in [0.25, 0.3) is 5.91 Å². The molecule has 0 unspecified atom stereocenters. The molecule has 0 fully saturated rings. The fourth-order valence-electron chi connectivity index (χ4n) is 1.78. The van der Waals surface area contributed by atoms with Crippen molar-refractivity contribution in [2.24, 2.45) is 5.73 Å². The minimum atomic E-state index is -0.181. The number of aryl methyl sites for hydroxylation is 1. The Labute approximate surface area is 112 Å². The highest BCUT2D eigenvalue weighted by Gasteiger charge is 2.07. The first kappa shape index (κ1) is 13.1. The summed E-state index contributed by atoms with van der Waals surface area (Å²) < 4.78 is 0. The molecule has 0 atom stereocenters. The minimum absolute atomic E-state index is 0.181. The first-order valence-electron chi connectivity index (χ1n) is 6.06. The van der Waals surface area contributed by atoms with E-state index in [2.05, 4.69) is 5.32 Å². The molecule has 0 aliphatic rings. The number of carbonyl (C=O) groups is 1. The summed E-state index contributed by atoms with van der Waals surface area (Å²) in [5.74, 6) is -0.181. The second-order valence-corrected chi connectivity index (χ2v) is 4.45. The molecule has 0 aromatic heterocycles. The Kier molecular flexibility index (Phi) is 3.82. The summed E-state index contributed by atoms with van der Waals surface area (Å²) in [6.07, 6.45) is 0. The van der Waals surface area contributed by atoms with Crippen molar-refractivity contribution in [1.29, 1.82) is 0 Å². The molecule has 4 nitrogen and oxygen atoms in total. The van der Waals surface area contributed by atoms with Crippen molar-refractivity contribution in [2.75, 3.05) is 11.1 Å². The van der Waals surface area contributed by atoms with E-state index in [1.54, 1.807) is 18.2 Å². The normalized spacial score (nSPS) is 10.2. The van der Waals surface area contributed by atoms with Crippen LogP contribution in [0, 0.1) is 6.92 Å². The zero-order valence-corrected chi connectivity index (χ0v) is 10.8. The van der Waals surface area contributed by atoms with E-state index in [1.807, 2.05) is 31.2 Å². The van der Waals surface area contributed by atoms with Gasteiger partial charge in [0.15, 0.2) is 0 Å². The quantitative estimate of drug-likeness (QED) is 0.736. The van der Waals surface area contributed by atoms with Crippen LogP contribution in [0.2, 0.25) is 0 Å². The van der Waals surface area contributed by atoms with Gasteiger partial charge in [0.05, 0.1) is 11.4 Å². The number of anilines is 2. The van der Waals surface area contributed by atoms with Crippen molar-refractivity contribution < 1.29 is 4.79 Å². The number of nitrogen functional groups attached to an aromatic ring is 1. The Balaban J connectivity index is 2.15. The summed E-state index contributed by atoms with van der Waals surface area (Å²) in [6, 6.07) is 12.7. The molecule has 19 heavy (non-hydrogen) atoms. The third-order valence-electron chi connectivity index (χ3n) is 2.91. The molecule has 0 saturated heterocycles. The van der Waals surface area contributed by atoms with Crippen LogP contribution in [0.25, 0.3) is 0 Å². The number of nitrogens with two attached hydrogens (primary N) is 2. The fraction of sp³-hybridized carbons (Fsp3) is 0.133. The third-order valence-corrected chi connectivity index (χ3v) is 2.91. The van der Waals surface area contributed by atoms with Gasteiger partial charge in [-0.25, -0.2) is 0 Å². The molecular weight excluding hydrogens is 238 g/mol. The summed E-state index contributed by atoms with van der Waals surface area (Å²) in [4.78, 5) is 12.1. The Bertz CT molecular complexity index is 591. The first-order chi connectivity index (χ1) is 9.10. The second kappa shape index (κ2) is 5.54. The Morgan fingerprint density at radius 2 is 1.84 bits per heavy atom. The van der Waals surface area contributed by atoms with Gasteiger partial charge in [-0.1, -0.05) is 18.2 Å². The average Bonchev–Trinajstić information content (AvgIpc) is 2.42. The molecule has 2 aromatic carbocycles. The molecule has 2 rings (SSSR count). The van der Waals surface area contributed by atoms with E-state index in [1.165, 1.54) is 0 Å². The predicted molar refractivity (Wildman–Crippen MR) is 77.9 cm³/mol. The van der Waals surface area contributed by atoms with Gasteiger partial charge in [-0.2, -0.15) is 0 Å². The molecule has 0 radical (unpaired) electrons. The Morgan fingerprint density at radius 3 is 2.42 bits per heavy atom. The highest BCUT2D eigenvalue weighted by molar-refractivity contribution is 6.05. The zero-order valence-electron chi connectivity index (χ0n) is 10.8. The molecule has 1 amide bonds.